The van der Waals surface area contributed by atoms with Crippen LogP contribution in [-0.2, 0) is 22.5 Å². The molecule has 0 aliphatic heterocycles. The van der Waals surface area contributed by atoms with Gasteiger partial charge in [-0.15, -0.1) is 0 Å². The molecule has 156 valence electrons. The fraction of sp³-hybridized carbons (Fsp3) is 0.227. The van der Waals surface area contributed by atoms with Crippen LogP contribution < -0.4 is 10.1 Å². The Morgan fingerprint density at radius 3 is 2.60 bits per heavy atom. The lowest BCUT2D eigenvalue weighted by Crippen LogP contribution is -2.23. The third-order valence-electron chi connectivity index (χ3n) is 4.41. The minimum atomic E-state index is -0.500. The van der Waals surface area contributed by atoms with Crippen molar-refractivity contribution in [2.45, 2.75) is 19.4 Å². The Morgan fingerprint density at radius 1 is 1.13 bits per heavy atom. The zero-order valence-electron chi connectivity index (χ0n) is 16.6. The van der Waals surface area contributed by atoms with Crippen LogP contribution in [0.5, 0.6) is 5.75 Å². The highest BCUT2D eigenvalue weighted by Crippen LogP contribution is 2.23. The third kappa shape index (κ3) is 5.39. The maximum atomic E-state index is 12.2. The molecule has 0 bridgehead atoms. The van der Waals surface area contributed by atoms with E-state index in [1.54, 1.807) is 36.5 Å². The number of hydrogen-bond donors (Lipinski definition) is 1. The number of methoxy groups -OCH3 is 2. The van der Waals surface area contributed by atoms with Crippen molar-refractivity contribution in [3.63, 3.8) is 0 Å². The van der Waals surface area contributed by atoms with E-state index in [9.17, 15) is 9.59 Å². The van der Waals surface area contributed by atoms with Gasteiger partial charge in [-0.3, -0.25) is 4.79 Å². The summed E-state index contributed by atoms with van der Waals surface area (Å²) in [7, 11) is 2.78. The first-order valence-corrected chi connectivity index (χ1v) is 9.60. The van der Waals surface area contributed by atoms with Crippen molar-refractivity contribution in [1.29, 1.82) is 0 Å². The number of oxazole rings is 1. The van der Waals surface area contributed by atoms with Gasteiger partial charge in [0.25, 0.3) is 0 Å². The Labute approximate surface area is 179 Å². The van der Waals surface area contributed by atoms with Crippen LogP contribution in [0.3, 0.4) is 0 Å². The molecule has 0 spiro atoms. The highest BCUT2D eigenvalue weighted by Gasteiger charge is 2.14. The van der Waals surface area contributed by atoms with Crippen LogP contribution in [0, 0.1) is 0 Å². The summed E-state index contributed by atoms with van der Waals surface area (Å²) in [4.78, 5) is 28.3. The largest absolute Gasteiger partial charge is 0.496 e. The number of carbonyl (C=O) groups is 2. The summed E-state index contributed by atoms with van der Waals surface area (Å²) in [6.45, 7) is 0.272. The summed E-state index contributed by atoms with van der Waals surface area (Å²) < 4.78 is 15.6. The number of ether oxygens (including phenoxy) is 2. The second kappa shape index (κ2) is 9.93. The summed E-state index contributed by atoms with van der Waals surface area (Å²) in [5.41, 5.74) is 1.93. The van der Waals surface area contributed by atoms with Crippen LogP contribution in [0.2, 0.25) is 5.02 Å². The van der Waals surface area contributed by atoms with E-state index in [0.29, 0.717) is 34.4 Å². The highest BCUT2D eigenvalue weighted by molar-refractivity contribution is 6.30. The topological polar surface area (TPSA) is 90.7 Å². The first-order valence-electron chi connectivity index (χ1n) is 9.22. The number of nitrogens with one attached hydrogen (secondary N) is 1. The Bertz CT molecular complexity index is 1030. The number of benzene rings is 2. The summed E-state index contributed by atoms with van der Waals surface area (Å²) in [6.07, 6.45) is 2.22. The fourth-order valence-corrected chi connectivity index (χ4v) is 2.94. The maximum absolute atomic E-state index is 12.2. The molecule has 7 nitrogen and oxygen atoms in total. The van der Waals surface area contributed by atoms with E-state index in [1.165, 1.54) is 14.2 Å². The average Bonchev–Trinajstić information content (AvgIpc) is 3.25. The van der Waals surface area contributed by atoms with Gasteiger partial charge in [-0.1, -0.05) is 17.7 Å². The van der Waals surface area contributed by atoms with E-state index < -0.39 is 5.97 Å². The molecule has 0 aliphatic rings. The van der Waals surface area contributed by atoms with E-state index in [-0.39, 0.29) is 18.9 Å². The first-order chi connectivity index (χ1) is 14.5. The SMILES string of the molecule is COC(=O)c1cc(CNC(=O)CCc2ncc(-c3ccc(Cl)cc3)o2)ccc1OC. The normalized spacial score (nSPS) is 10.5. The maximum Gasteiger partial charge on any atom is 0.341 e. The van der Waals surface area contributed by atoms with Crippen molar-refractivity contribution in [2.75, 3.05) is 14.2 Å². The summed E-state index contributed by atoms with van der Waals surface area (Å²) in [6, 6.07) is 12.3. The molecule has 0 fully saturated rings. The predicted octanol–water partition coefficient (Wildman–Crippen LogP) is 4.04. The third-order valence-corrected chi connectivity index (χ3v) is 4.66. The second-order valence-electron chi connectivity index (χ2n) is 6.43. The van der Waals surface area contributed by atoms with Gasteiger partial charge in [0.15, 0.2) is 11.7 Å². The Balaban J connectivity index is 1.53. The van der Waals surface area contributed by atoms with Crippen molar-refractivity contribution in [1.82, 2.24) is 10.3 Å². The molecule has 0 aliphatic carbocycles. The molecule has 30 heavy (non-hydrogen) atoms. The van der Waals surface area contributed by atoms with Gasteiger partial charge >= 0.3 is 5.97 Å². The lowest BCUT2D eigenvalue weighted by molar-refractivity contribution is -0.121. The molecule has 2 aromatic carbocycles. The fourth-order valence-electron chi connectivity index (χ4n) is 2.82. The molecule has 1 N–H and O–H groups in total. The van der Waals surface area contributed by atoms with Gasteiger partial charge in [0.1, 0.15) is 11.3 Å². The van der Waals surface area contributed by atoms with Crippen LogP contribution in [-0.4, -0.2) is 31.1 Å². The summed E-state index contributed by atoms with van der Waals surface area (Å²) in [5, 5.41) is 3.46. The van der Waals surface area contributed by atoms with Gasteiger partial charge in [-0.2, -0.15) is 0 Å². The van der Waals surface area contributed by atoms with Crippen LogP contribution in [0.25, 0.3) is 11.3 Å². The summed E-state index contributed by atoms with van der Waals surface area (Å²) in [5.74, 6) is 0.859. The van der Waals surface area contributed by atoms with E-state index in [0.717, 1.165) is 11.1 Å². The van der Waals surface area contributed by atoms with Gasteiger partial charge in [0.2, 0.25) is 5.91 Å². The molecule has 1 heterocycles. The van der Waals surface area contributed by atoms with Crippen molar-refractivity contribution in [3.05, 3.63) is 70.7 Å². The van der Waals surface area contributed by atoms with Gasteiger partial charge in [0, 0.05) is 30.0 Å². The van der Waals surface area contributed by atoms with E-state index in [1.807, 2.05) is 12.1 Å². The van der Waals surface area contributed by atoms with E-state index >= 15 is 0 Å². The van der Waals surface area contributed by atoms with Crippen LogP contribution in [0.15, 0.2) is 53.1 Å². The Kier molecular flexibility index (Phi) is 7.08. The van der Waals surface area contributed by atoms with Crippen LogP contribution >= 0.6 is 11.6 Å². The number of amides is 1. The van der Waals surface area contributed by atoms with Gasteiger partial charge < -0.3 is 19.2 Å². The molecule has 0 saturated heterocycles. The zero-order chi connectivity index (χ0) is 21.5. The summed E-state index contributed by atoms with van der Waals surface area (Å²) >= 11 is 5.89. The minimum Gasteiger partial charge on any atom is -0.496 e. The zero-order valence-corrected chi connectivity index (χ0v) is 17.4. The first kappa shape index (κ1) is 21.4. The number of aryl methyl sites for hydroxylation is 1. The minimum absolute atomic E-state index is 0.156. The second-order valence-corrected chi connectivity index (χ2v) is 6.86. The molecule has 3 aromatic rings. The number of rotatable bonds is 8. The van der Waals surface area contributed by atoms with Crippen molar-refractivity contribution in [3.8, 4) is 17.1 Å². The lowest BCUT2D eigenvalue weighted by Gasteiger charge is -2.10. The van der Waals surface area contributed by atoms with E-state index in [2.05, 4.69) is 10.3 Å². The molecule has 1 aromatic heterocycles. The van der Waals surface area contributed by atoms with Crippen molar-refractivity contribution in [2.24, 2.45) is 0 Å². The van der Waals surface area contributed by atoms with Gasteiger partial charge in [0.05, 0.1) is 20.4 Å². The number of nitrogens with zero attached hydrogens (tertiary/aromatic N) is 1. The van der Waals surface area contributed by atoms with Crippen LogP contribution in [0.1, 0.15) is 28.2 Å². The number of hydrogen-bond acceptors (Lipinski definition) is 6. The lowest BCUT2D eigenvalue weighted by atomic mass is 10.1. The molecule has 0 saturated carbocycles. The predicted molar refractivity (Wildman–Crippen MR) is 111 cm³/mol. The van der Waals surface area contributed by atoms with Crippen molar-refractivity contribution >= 4 is 23.5 Å². The van der Waals surface area contributed by atoms with Gasteiger partial charge in [-0.25, -0.2) is 9.78 Å². The molecule has 1 amide bonds. The molecule has 0 atom stereocenters. The Hall–Kier alpha value is -3.32. The van der Waals surface area contributed by atoms with Crippen LogP contribution in [0.4, 0.5) is 0 Å². The number of halogens is 1. The average molecular weight is 429 g/mol. The molecule has 8 heteroatoms. The Morgan fingerprint density at radius 2 is 1.90 bits per heavy atom. The van der Waals surface area contributed by atoms with E-state index in [4.69, 9.17) is 25.5 Å². The van der Waals surface area contributed by atoms with Crippen molar-refractivity contribution < 1.29 is 23.5 Å². The molecule has 3 rings (SSSR count). The molecular weight excluding hydrogens is 408 g/mol. The van der Waals surface area contributed by atoms with Gasteiger partial charge in [-0.05, 0) is 42.0 Å². The number of esters is 1. The standard InChI is InChI=1S/C22H21ClN2O5/c1-28-18-8-3-14(11-17(18)22(27)29-2)12-24-20(26)9-10-21-25-13-19(30-21)15-4-6-16(23)7-5-15/h3-8,11,13H,9-10,12H2,1-2H3,(H,24,26). The smallest absolute Gasteiger partial charge is 0.341 e. The monoisotopic (exact) mass is 428 g/mol. The number of carbonyl (C=O) groups excluding carboxylic acids is 2. The number of aromatic nitrogens is 1. The molecular formula is C22H21ClN2O5. The quantitative estimate of drug-likeness (QED) is 0.544. The molecule has 0 unspecified atom stereocenters. The molecule has 0 radical (unpaired) electrons. The highest BCUT2D eigenvalue weighted by atomic mass is 35.5.